The van der Waals surface area contributed by atoms with E-state index in [0.717, 1.165) is 37.1 Å². The first-order valence-electron chi connectivity index (χ1n) is 9.83. The maximum atomic E-state index is 11.9. The van der Waals surface area contributed by atoms with Crippen LogP contribution in [0.1, 0.15) is 63.8 Å². The predicted octanol–water partition coefficient (Wildman–Crippen LogP) is 2.68. The van der Waals surface area contributed by atoms with Crippen LogP contribution in [0.3, 0.4) is 0 Å². The second-order valence-electron chi connectivity index (χ2n) is 6.88. The fourth-order valence-electron chi connectivity index (χ4n) is 3.33. The van der Waals surface area contributed by atoms with E-state index >= 15 is 0 Å². The number of hydrogen-bond acceptors (Lipinski definition) is 5. The second-order valence-corrected chi connectivity index (χ2v) is 9.13. The lowest BCUT2D eigenvalue weighted by Crippen LogP contribution is -2.49. The highest BCUT2D eigenvalue weighted by atomic mass is 127. The summed E-state index contributed by atoms with van der Waals surface area (Å²) in [5.74, 6) is 2.06. The highest BCUT2D eigenvalue weighted by Gasteiger charge is 2.27. The zero-order chi connectivity index (χ0) is 19.9. The van der Waals surface area contributed by atoms with Gasteiger partial charge in [0.1, 0.15) is 0 Å². The number of piperidine rings is 1. The van der Waals surface area contributed by atoms with E-state index in [2.05, 4.69) is 34.6 Å². The van der Waals surface area contributed by atoms with Gasteiger partial charge in [0.2, 0.25) is 10.0 Å². The standard InChI is InChI=1S/C18H33N5O3S.HI/c1-5-14(6-2)17-12-16(26-22-17)13-20-18(19-4)21-15-8-10-23(11-9-15)27(24,25)7-3;/h12,14-15H,5-11,13H2,1-4H3,(H2,19,20,21);1H. The Kier molecular flexibility index (Phi) is 10.7. The third kappa shape index (κ3) is 6.87. The number of nitrogens with zero attached hydrogens (tertiary/aromatic N) is 3. The minimum absolute atomic E-state index is 0. The molecular formula is C18H34IN5O3S. The Labute approximate surface area is 186 Å². The Hall–Kier alpha value is -0.880. The van der Waals surface area contributed by atoms with Crippen LogP contribution >= 0.6 is 24.0 Å². The molecule has 0 saturated carbocycles. The van der Waals surface area contributed by atoms with E-state index < -0.39 is 10.0 Å². The van der Waals surface area contributed by atoms with Gasteiger partial charge < -0.3 is 15.2 Å². The van der Waals surface area contributed by atoms with E-state index in [9.17, 15) is 8.42 Å². The molecule has 10 heteroatoms. The van der Waals surface area contributed by atoms with Crippen molar-refractivity contribution in [2.24, 2.45) is 4.99 Å². The smallest absolute Gasteiger partial charge is 0.213 e. The van der Waals surface area contributed by atoms with Crippen molar-refractivity contribution >= 4 is 40.0 Å². The third-order valence-electron chi connectivity index (χ3n) is 5.19. The van der Waals surface area contributed by atoms with Gasteiger partial charge in [-0.05, 0) is 32.6 Å². The van der Waals surface area contributed by atoms with Crippen LogP contribution < -0.4 is 10.6 Å². The molecule has 8 nitrogen and oxygen atoms in total. The fraction of sp³-hybridized carbons (Fsp3) is 0.778. The van der Waals surface area contributed by atoms with Gasteiger partial charge in [0.25, 0.3) is 0 Å². The number of guanidine groups is 1. The lowest BCUT2D eigenvalue weighted by molar-refractivity contribution is 0.306. The van der Waals surface area contributed by atoms with E-state index in [-0.39, 0.29) is 35.8 Å². The molecule has 0 amide bonds. The Morgan fingerprint density at radius 2 is 1.96 bits per heavy atom. The number of hydrogen-bond donors (Lipinski definition) is 2. The Balaban J connectivity index is 0.00000392. The molecule has 1 aliphatic heterocycles. The van der Waals surface area contributed by atoms with E-state index in [4.69, 9.17) is 4.52 Å². The summed E-state index contributed by atoms with van der Waals surface area (Å²) in [6.45, 7) is 7.60. The molecule has 1 aromatic heterocycles. The number of rotatable bonds is 8. The summed E-state index contributed by atoms with van der Waals surface area (Å²) < 4.78 is 30.9. The van der Waals surface area contributed by atoms with Crippen molar-refractivity contribution in [2.45, 2.75) is 65.0 Å². The highest BCUT2D eigenvalue weighted by Crippen LogP contribution is 2.22. The molecule has 28 heavy (non-hydrogen) atoms. The lowest BCUT2D eigenvalue weighted by atomic mass is 9.99. The first kappa shape index (κ1) is 25.2. The average Bonchev–Trinajstić information content (AvgIpc) is 3.15. The van der Waals surface area contributed by atoms with Crippen molar-refractivity contribution in [3.05, 3.63) is 17.5 Å². The van der Waals surface area contributed by atoms with Crippen LogP contribution in [0.2, 0.25) is 0 Å². The summed E-state index contributed by atoms with van der Waals surface area (Å²) in [4.78, 5) is 4.26. The molecule has 0 aliphatic carbocycles. The molecule has 0 atom stereocenters. The lowest BCUT2D eigenvalue weighted by Gasteiger charge is -2.32. The topological polar surface area (TPSA) is 99.8 Å². The molecule has 2 N–H and O–H groups in total. The van der Waals surface area contributed by atoms with Gasteiger partial charge in [0.05, 0.1) is 18.0 Å². The Bertz CT molecular complexity index is 711. The molecule has 0 aromatic carbocycles. The monoisotopic (exact) mass is 527 g/mol. The summed E-state index contributed by atoms with van der Waals surface area (Å²) in [5.41, 5.74) is 1.00. The molecule has 2 rings (SSSR count). The van der Waals surface area contributed by atoms with Gasteiger partial charge in [-0.1, -0.05) is 19.0 Å². The van der Waals surface area contributed by atoms with Crippen LogP contribution in [-0.4, -0.2) is 55.8 Å². The van der Waals surface area contributed by atoms with Gasteiger partial charge in [0.15, 0.2) is 11.7 Å². The minimum Gasteiger partial charge on any atom is -0.359 e. The number of sulfonamides is 1. The SMILES string of the molecule is CCC(CC)c1cc(CNC(=NC)NC2CCN(S(=O)(=O)CC)CC2)on1.I. The van der Waals surface area contributed by atoms with Gasteiger partial charge in [-0.3, -0.25) is 4.99 Å². The van der Waals surface area contributed by atoms with Crippen molar-refractivity contribution in [3.63, 3.8) is 0 Å². The van der Waals surface area contributed by atoms with Crippen LogP contribution in [0.4, 0.5) is 0 Å². The van der Waals surface area contributed by atoms with Crippen molar-refractivity contribution in [3.8, 4) is 0 Å². The Morgan fingerprint density at radius 3 is 2.50 bits per heavy atom. The van der Waals surface area contributed by atoms with Crippen molar-refractivity contribution in [1.29, 1.82) is 0 Å². The molecule has 0 spiro atoms. The summed E-state index contributed by atoms with van der Waals surface area (Å²) in [7, 11) is -1.37. The largest absolute Gasteiger partial charge is 0.359 e. The molecule has 162 valence electrons. The van der Waals surface area contributed by atoms with Gasteiger partial charge in [-0.2, -0.15) is 0 Å². The molecule has 1 fully saturated rings. The van der Waals surface area contributed by atoms with Gasteiger partial charge in [-0.15, -0.1) is 24.0 Å². The molecule has 1 aromatic rings. The van der Waals surface area contributed by atoms with E-state index in [0.29, 0.717) is 31.5 Å². The molecule has 1 saturated heterocycles. The number of nitrogens with one attached hydrogen (secondary N) is 2. The molecule has 1 aliphatic rings. The molecular weight excluding hydrogens is 493 g/mol. The van der Waals surface area contributed by atoms with Crippen molar-refractivity contribution < 1.29 is 12.9 Å². The van der Waals surface area contributed by atoms with Crippen LogP contribution in [0.15, 0.2) is 15.6 Å². The maximum absolute atomic E-state index is 11.9. The van der Waals surface area contributed by atoms with Crippen LogP contribution in [0, 0.1) is 0 Å². The highest BCUT2D eigenvalue weighted by molar-refractivity contribution is 14.0. The van der Waals surface area contributed by atoms with Gasteiger partial charge in [0, 0.05) is 38.2 Å². The van der Waals surface area contributed by atoms with E-state index in [1.807, 2.05) is 6.07 Å². The molecule has 0 bridgehead atoms. The summed E-state index contributed by atoms with van der Waals surface area (Å²) >= 11 is 0. The van der Waals surface area contributed by atoms with Crippen molar-refractivity contribution in [2.75, 3.05) is 25.9 Å². The van der Waals surface area contributed by atoms with E-state index in [1.165, 1.54) is 0 Å². The summed E-state index contributed by atoms with van der Waals surface area (Å²) in [6.07, 6.45) is 3.62. The molecule has 0 unspecified atom stereocenters. The number of aromatic nitrogens is 1. The number of aliphatic imine (C=N–C) groups is 1. The third-order valence-corrected chi connectivity index (χ3v) is 7.07. The van der Waals surface area contributed by atoms with Gasteiger partial charge >= 0.3 is 0 Å². The minimum atomic E-state index is -3.09. The zero-order valence-electron chi connectivity index (χ0n) is 17.3. The van der Waals surface area contributed by atoms with E-state index in [1.54, 1.807) is 18.3 Å². The molecule has 2 heterocycles. The van der Waals surface area contributed by atoms with Crippen molar-refractivity contribution in [1.82, 2.24) is 20.1 Å². The maximum Gasteiger partial charge on any atom is 0.213 e. The molecule has 0 radical (unpaired) electrons. The normalized spacial score (nSPS) is 16.8. The fourth-order valence-corrected chi connectivity index (χ4v) is 4.46. The average molecular weight is 527 g/mol. The second kappa shape index (κ2) is 12.0. The summed E-state index contributed by atoms with van der Waals surface area (Å²) in [6, 6.07) is 2.21. The Morgan fingerprint density at radius 1 is 1.32 bits per heavy atom. The predicted molar refractivity (Wildman–Crippen MR) is 123 cm³/mol. The first-order chi connectivity index (χ1) is 12.9. The first-order valence-corrected chi connectivity index (χ1v) is 11.4. The van der Waals surface area contributed by atoms with Gasteiger partial charge in [-0.25, -0.2) is 12.7 Å². The zero-order valence-corrected chi connectivity index (χ0v) is 20.4. The van der Waals surface area contributed by atoms with Crippen LogP contribution in [0.25, 0.3) is 0 Å². The number of halogens is 1. The summed E-state index contributed by atoms with van der Waals surface area (Å²) in [5, 5.41) is 10.8. The van der Waals surface area contributed by atoms with Crippen LogP contribution in [0.5, 0.6) is 0 Å². The quantitative estimate of drug-likeness (QED) is 0.307. The van der Waals surface area contributed by atoms with Crippen LogP contribution in [-0.2, 0) is 16.6 Å².